The lowest BCUT2D eigenvalue weighted by molar-refractivity contribution is 0.0956. The van der Waals surface area contributed by atoms with Gasteiger partial charge in [-0.05, 0) is 53.9 Å². The maximum atomic E-state index is 13.3. The van der Waals surface area contributed by atoms with E-state index >= 15 is 0 Å². The van der Waals surface area contributed by atoms with Crippen LogP contribution < -0.4 is 5.43 Å². The van der Waals surface area contributed by atoms with Gasteiger partial charge in [0, 0.05) is 10.9 Å². The lowest BCUT2D eigenvalue weighted by atomic mass is 10.0. The van der Waals surface area contributed by atoms with Crippen LogP contribution in [0, 0.1) is 5.82 Å². The fourth-order valence-corrected chi connectivity index (χ4v) is 3.20. The molecule has 0 fully saturated rings. The quantitative estimate of drug-likeness (QED) is 0.364. The Morgan fingerprint density at radius 1 is 1.03 bits per heavy atom. The summed E-state index contributed by atoms with van der Waals surface area (Å²) in [5.41, 5.74) is 7.21. The van der Waals surface area contributed by atoms with Gasteiger partial charge in [-0.15, -0.1) is 0 Å². The summed E-state index contributed by atoms with van der Waals surface area (Å²) in [5.74, 6) is -0.655. The predicted molar refractivity (Wildman–Crippen MR) is 118 cm³/mol. The molecular weight excluding hydrogens is 377 g/mol. The first-order valence-corrected chi connectivity index (χ1v) is 9.72. The molecule has 0 radical (unpaired) electrons. The molecule has 148 valence electrons. The van der Waals surface area contributed by atoms with E-state index in [2.05, 4.69) is 22.4 Å². The largest absolute Gasteiger partial charge is 0.272 e. The van der Waals surface area contributed by atoms with Crippen molar-refractivity contribution in [3.05, 3.63) is 101 Å². The van der Waals surface area contributed by atoms with Gasteiger partial charge >= 0.3 is 0 Å². The van der Waals surface area contributed by atoms with Crippen molar-refractivity contribution < 1.29 is 9.18 Å². The summed E-state index contributed by atoms with van der Waals surface area (Å²) < 4.78 is 13.3. The molecule has 3 aromatic carbocycles. The molecule has 4 aromatic rings. The number of nitrogens with zero attached hydrogens (tertiary/aromatic N) is 2. The second kappa shape index (κ2) is 8.66. The normalized spacial score (nSPS) is 11.1. The minimum absolute atomic E-state index is 0.321. The van der Waals surface area contributed by atoms with Crippen molar-refractivity contribution >= 4 is 23.0 Å². The van der Waals surface area contributed by atoms with Gasteiger partial charge in [-0.1, -0.05) is 49.4 Å². The first kappa shape index (κ1) is 19.5. The molecule has 0 saturated heterocycles. The van der Waals surface area contributed by atoms with Crippen LogP contribution in [0.1, 0.15) is 28.4 Å². The van der Waals surface area contributed by atoms with Crippen molar-refractivity contribution in [1.29, 1.82) is 0 Å². The Balaban J connectivity index is 1.63. The zero-order chi connectivity index (χ0) is 20.9. The fourth-order valence-electron chi connectivity index (χ4n) is 3.20. The highest BCUT2D eigenvalue weighted by Gasteiger charge is 2.13. The number of para-hydroxylation sites is 1. The second-order valence-electron chi connectivity index (χ2n) is 6.87. The molecule has 0 unspecified atom stereocenters. The van der Waals surface area contributed by atoms with E-state index in [0.29, 0.717) is 16.8 Å². The van der Waals surface area contributed by atoms with Crippen LogP contribution in [0.4, 0.5) is 4.39 Å². The molecule has 4 rings (SSSR count). The monoisotopic (exact) mass is 397 g/mol. The van der Waals surface area contributed by atoms with Crippen molar-refractivity contribution in [2.75, 3.05) is 0 Å². The molecule has 0 aliphatic carbocycles. The lowest BCUT2D eigenvalue weighted by Gasteiger charge is -2.09. The van der Waals surface area contributed by atoms with Gasteiger partial charge in [0.2, 0.25) is 0 Å². The van der Waals surface area contributed by atoms with Gasteiger partial charge in [0.25, 0.3) is 5.91 Å². The number of hydrogen-bond donors (Lipinski definition) is 1. The number of fused-ring (bicyclic) bond motifs is 1. The number of halogens is 1. The van der Waals surface area contributed by atoms with Crippen molar-refractivity contribution in [2.24, 2.45) is 5.10 Å². The van der Waals surface area contributed by atoms with E-state index in [1.54, 1.807) is 24.4 Å². The number of aryl methyl sites for hydroxylation is 1. The van der Waals surface area contributed by atoms with Crippen LogP contribution in [0.2, 0.25) is 0 Å². The topological polar surface area (TPSA) is 54.4 Å². The summed E-state index contributed by atoms with van der Waals surface area (Å²) in [6.45, 7) is 2.10. The van der Waals surface area contributed by atoms with E-state index in [1.807, 2.05) is 48.5 Å². The van der Waals surface area contributed by atoms with E-state index < -0.39 is 0 Å². The average Bonchev–Trinajstić information content (AvgIpc) is 2.79. The Labute approximate surface area is 174 Å². The Hall–Kier alpha value is -3.86. The minimum atomic E-state index is -0.335. The molecule has 30 heavy (non-hydrogen) atoms. The van der Waals surface area contributed by atoms with E-state index in [4.69, 9.17) is 0 Å². The Kier molecular flexibility index (Phi) is 5.61. The first-order valence-electron chi connectivity index (χ1n) is 9.72. The molecular formula is C25H20FN3O. The second-order valence-corrected chi connectivity index (χ2v) is 6.87. The third kappa shape index (κ3) is 4.25. The number of carbonyl (C=O) groups excluding carboxylic acids is 1. The number of rotatable bonds is 5. The highest BCUT2D eigenvalue weighted by Crippen LogP contribution is 2.25. The first-order chi connectivity index (χ1) is 14.6. The highest BCUT2D eigenvalue weighted by molar-refractivity contribution is 6.07. The molecule has 0 aliphatic rings. The van der Waals surface area contributed by atoms with Crippen LogP contribution in [0.5, 0.6) is 0 Å². The smallest absolute Gasteiger partial charge is 0.267 e. The number of amides is 1. The zero-order valence-corrected chi connectivity index (χ0v) is 16.5. The summed E-state index contributed by atoms with van der Waals surface area (Å²) in [5, 5.41) is 4.83. The van der Waals surface area contributed by atoms with Crippen LogP contribution in [0.3, 0.4) is 0 Å². The standard InChI is InChI=1S/C25H20FN3O/c1-2-17-7-9-18(10-8-17)16-27-29-25(30)22-15-24(19-11-13-20(26)14-12-19)28-23-6-4-3-5-21(22)23/h3-16H,2H2,1H3,(H,29,30). The summed E-state index contributed by atoms with van der Waals surface area (Å²) in [7, 11) is 0. The molecule has 1 amide bonds. The Morgan fingerprint density at radius 3 is 2.50 bits per heavy atom. The molecule has 0 bridgehead atoms. The van der Waals surface area contributed by atoms with Gasteiger partial charge in [0.05, 0.1) is 23.0 Å². The lowest BCUT2D eigenvalue weighted by Crippen LogP contribution is -2.18. The number of benzene rings is 3. The summed E-state index contributed by atoms with van der Waals surface area (Å²) in [6.07, 6.45) is 2.58. The van der Waals surface area contributed by atoms with Crippen LogP contribution in [-0.2, 0) is 6.42 Å². The zero-order valence-electron chi connectivity index (χ0n) is 16.5. The van der Waals surface area contributed by atoms with Gasteiger partial charge in [0.1, 0.15) is 5.82 Å². The van der Waals surface area contributed by atoms with Gasteiger partial charge in [-0.3, -0.25) is 4.79 Å². The maximum absolute atomic E-state index is 13.3. The third-order valence-corrected chi connectivity index (χ3v) is 4.87. The van der Waals surface area contributed by atoms with E-state index in [9.17, 15) is 9.18 Å². The molecule has 0 spiro atoms. The number of hydrazone groups is 1. The van der Waals surface area contributed by atoms with Crippen LogP contribution in [-0.4, -0.2) is 17.1 Å². The Bertz CT molecular complexity index is 1220. The molecule has 0 aliphatic heterocycles. The number of aromatic nitrogens is 1. The fraction of sp³-hybridized carbons (Fsp3) is 0.0800. The number of nitrogens with one attached hydrogen (secondary N) is 1. The van der Waals surface area contributed by atoms with Crippen LogP contribution >= 0.6 is 0 Å². The predicted octanol–water partition coefficient (Wildman–Crippen LogP) is 5.37. The number of hydrogen-bond acceptors (Lipinski definition) is 3. The SMILES string of the molecule is CCc1ccc(C=NNC(=O)c2cc(-c3ccc(F)cc3)nc3ccccc23)cc1. The number of pyridine rings is 1. The molecule has 1 aromatic heterocycles. The van der Waals surface area contributed by atoms with Gasteiger partial charge in [-0.25, -0.2) is 14.8 Å². The van der Waals surface area contributed by atoms with Crippen LogP contribution in [0.15, 0.2) is 84.0 Å². The van der Waals surface area contributed by atoms with Crippen molar-refractivity contribution in [3.8, 4) is 11.3 Å². The average molecular weight is 397 g/mol. The molecule has 4 nitrogen and oxygen atoms in total. The molecule has 0 atom stereocenters. The van der Waals surface area contributed by atoms with Gasteiger partial charge < -0.3 is 0 Å². The van der Waals surface area contributed by atoms with E-state index in [-0.39, 0.29) is 11.7 Å². The summed E-state index contributed by atoms with van der Waals surface area (Å²) in [4.78, 5) is 17.5. The minimum Gasteiger partial charge on any atom is -0.267 e. The molecule has 1 heterocycles. The van der Waals surface area contributed by atoms with E-state index in [1.165, 1.54) is 17.7 Å². The van der Waals surface area contributed by atoms with E-state index in [0.717, 1.165) is 22.9 Å². The molecule has 0 saturated carbocycles. The summed E-state index contributed by atoms with van der Waals surface area (Å²) in [6, 6.07) is 23.2. The third-order valence-electron chi connectivity index (χ3n) is 4.87. The highest BCUT2D eigenvalue weighted by atomic mass is 19.1. The van der Waals surface area contributed by atoms with Gasteiger partial charge in [-0.2, -0.15) is 5.10 Å². The molecule has 5 heteroatoms. The van der Waals surface area contributed by atoms with Crippen molar-refractivity contribution in [1.82, 2.24) is 10.4 Å². The Morgan fingerprint density at radius 2 is 1.77 bits per heavy atom. The van der Waals surface area contributed by atoms with Crippen molar-refractivity contribution in [3.63, 3.8) is 0 Å². The van der Waals surface area contributed by atoms with Crippen molar-refractivity contribution in [2.45, 2.75) is 13.3 Å². The van der Waals surface area contributed by atoms with Gasteiger partial charge in [0.15, 0.2) is 0 Å². The summed E-state index contributed by atoms with van der Waals surface area (Å²) >= 11 is 0. The molecule has 1 N–H and O–H groups in total. The van der Waals surface area contributed by atoms with Crippen LogP contribution in [0.25, 0.3) is 22.2 Å². The number of carbonyl (C=O) groups is 1. The maximum Gasteiger partial charge on any atom is 0.272 e.